The lowest BCUT2D eigenvalue weighted by Crippen LogP contribution is -2.00. The zero-order chi connectivity index (χ0) is 9.84. The molecule has 0 bridgehead atoms. The lowest BCUT2D eigenvalue weighted by Gasteiger charge is -1.97. The summed E-state index contributed by atoms with van der Waals surface area (Å²) < 4.78 is 0.916. The van der Waals surface area contributed by atoms with Crippen LogP contribution in [-0.2, 0) is 4.84 Å². The van der Waals surface area contributed by atoms with E-state index >= 15 is 0 Å². The molecule has 0 saturated heterocycles. The summed E-state index contributed by atoms with van der Waals surface area (Å²) in [5.41, 5.74) is 0.188. The van der Waals surface area contributed by atoms with Crippen LogP contribution in [0, 0.1) is 4.91 Å². The second-order valence-electron chi connectivity index (χ2n) is 1.95. The van der Waals surface area contributed by atoms with Crippen LogP contribution in [0.3, 0.4) is 0 Å². The van der Waals surface area contributed by atoms with E-state index in [9.17, 15) is 9.70 Å². The summed E-state index contributed by atoms with van der Waals surface area (Å²) >= 11 is 6.15. The molecule has 1 rings (SSSR count). The molecule has 0 saturated carbocycles. The first kappa shape index (κ1) is 10.3. The van der Waals surface area contributed by atoms with Gasteiger partial charge in [0.15, 0.2) is 5.34 Å². The number of aromatic nitrogens is 1. The van der Waals surface area contributed by atoms with Gasteiger partial charge >= 0.3 is 5.97 Å². The molecule has 0 N–H and O–H groups in total. The largest absolute Gasteiger partial charge is 0.369 e. The van der Waals surface area contributed by atoms with Crippen LogP contribution < -0.4 is 0 Å². The van der Waals surface area contributed by atoms with Crippen LogP contribution in [0.1, 0.15) is 10.4 Å². The molecule has 7 heteroatoms. The van der Waals surface area contributed by atoms with Crippen LogP contribution in [0.25, 0.3) is 0 Å². The molecule has 0 fully saturated rings. The van der Waals surface area contributed by atoms with Gasteiger partial charge in [-0.3, -0.25) is 4.84 Å². The maximum atomic E-state index is 11.0. The fourth-order valence-corrected chi connectivity index (χ4v) is 1.78. The SMILES string of the molecule is O=NOC(=O)c1cc(Br)nc(Br)c1. The van der Waals surface area contributed by atoms with Crippen molar-refractivity contribution in [2.24, 2.45) is 5.34 Å². The van der Waals surface area contributed by atoms with Gasteiger partial charge in [0.2, 0.25) is 0 Å². The zero-order valence-corrected chi connectivity index (χ0v) is 9.20. The Morgan fingerprint density at radius 1 is 1.38 bits per heavy atom. The van der Waals surface area contributed by atoms with Gasteiger partial charge in [-0.15, -0.1) is 4.91 Å². The highest BCUT2D eigenvalue weighted by Crippen LogP contribution is 2.16. The van der Waals surface area contributed by atoms with Gasteiger partial charge in [0.1, 0.15) is 9.21 Å². The van der Waals surface area contributed by atoms with E-state index in [0.717, 1.165) is 0 Å². The number of carbonyl (C=O) groups excluding carboxylic acids is 1. The van der Waals surface area contributed by atoms with Gasteiger partial charge in [-0.2, -0.15) is 0 Å². The molecule has 0 aromatic carbocycles. The molecule has 1 heterocycles. The fourth-order valence-electron chi connectivity index (χ4n) is 0.669. The normalized spacial score (nSPS) is 9.38. The third-order valence-corrected chi connectivity index (χ3v) is 1.93. The van der Waals surface area contributed by atoms with Crippen molar-refractivity contribution in [3.63, 3.8) is 0 Å². The van der Waals surface area contributed by atoms with E-state index in [4.69, 9.17) is 0 Å². The molecule has 1 aromatic rings. The number of rotatable bonds is 2. The molecule has 0 unspecified atom stereocenters. The number of hydrogen-bond acceptors (Lipinski definition) is 5. The highest BCUT2D eigenvalue weighted by Gasteiger charge is 2.10. The topological polar surface area (TPSA) is 68.6 Å². The Balaban J connectivity index is 3.00. The van der Waals surface area contributed by atoms with Crippen molar-refractivity contribution in [1.29, 1.82) is 0 Å². The van der Waals surface area contributed by atoms with E-state index in [1.165, 1.54) is 12.1 Å². The number of hydrogen-bond donors (Lipinski definition) is 0. The molecule has 0 atom stereocenters. The number of halogens is 2. The van der Waals surface area contributed by atoms with Crippen molar-refractivity contribution in [3.8, 4) is 0 Å². The van der Waals surface area contributed by atoms with Crippen LogP contribution in [0.5, 0.6) is 0 Å². The minimum atomic E-state index is -0.821. The van der Waals surface area contributed by atoms with E-state index in [2.05, 4.69) is 41.7 Å². The Bertz CT molecular complexity index is 335. The van der Waals surface area contributed by atoms with Gasteiger partial charge in [-0.1, -0.05) is 0 Å². The van der Waals surface area contributed by atoms with Crippen molar-refractivity contribution in [2.75, 3.05) is 0 Å². The van der Waals surface area contributed by atoms with Gasteiger partial charge < -0.3 is 0 Å². The molecule has 0 aliphatic rings. The molecular formula is C6H2Br2N2O3. The summed E-state index contributed by atoms with van der Waals surface area (Å²) in [4.78, 5) is 28.4. The van der Waals surface area contributed by atoms with Gasteiger partial charge in [0.05, 0.1) is 5.56 Å². The van der Waals surface area contributed by atoms with Crippen LogP contribution in [0.4, 0.5) is 0 Å². The molecule has 0 spiro atoms. The number of carbonyl (C=O) groups is 1. The maximum absolute atomic E-state index is 11.0. The molecule has 0 radical (unpaired) electrons. The Hall–Kier alpha value is -0.820. The second kappa shape index (κ2) is 4.43. The van der Waals surface area contributed by atoms with Gasteiger partial charge in [0, 0.05) is 0 Å². The standard InChI is InChI=1S/C6H2Br2N2O3/c7-4-1-3(2-5(8)9-4)6(11)13-10-12/h1-2H. The first-order valence-electron chi connectivity index (χ1n) is 3.00. The molecular weight excluding hydrogens is 308 g/mol. The molecule has 0 aliphatic carbocycles. The summed E-state index contributed by atoms with van der Waals surface area (Å²) in [5.74, 6) is -0.821. The Labute approximate surface area is 89.7 Å². The van der Waals surface area contributed by atoms with Crippen molar-refractivity contribution >= 4 is 37.8 Å². The summed E-state index contributed by atoms with van der Waals surface area (Å²) in [6, 6.07) is 2.83. The van der Waals surface area contributed by atoms with E-state index in [-0.39, 0.29) is 5.56 Å². The van der Waals surface area contributed by atoms with E-state index < -0.39 is 5.97 Å². The highest BCUT2D eigenvalue weighted by molar-refractivity contribution is 9.11. The summed E-state index contributed by atoms with van der Waals surface area (Å²) in [5, 5.41) is 2.02. The number of nitrogens with zero attached hydrogens (tertiary/aromatic N) is 2. The lowest BCUT2D eigenvalue weighted by molar-refractivity contribution is 0.0508. The second-order valence-corrected chi connectivity index (χ2v) is 3.58. The third-order valence-electron chi connectivity index (χ3n) is 1.12. The predicted octanol–water partition coefficient (Wildman–Crippen LogP) is 2.44. The molecule has 13 heavy (non-hydrogen) atoms. The van der Waals surface area contributed by atoms with Crippen LogP contribution in [0.15, 0.2) is 26.7 Å². The van der Waals surface area contributed by atoms with Crippen LogP contribution in [0.2, 0.25) is 0 Å². The predicted molar refractivity (Wildman–Crippen MR) is 50.8 cm³/mol. The maximum Gasteiger partial charge on any atom is 0.369 e. The molecule has 5 nitrogen and oxygen atoms in total. The summed E-state index contributed by atoms with van der Waals surface area (Å²) in [7, 11) is 0. The summed E-state index contributed by atoms with van der Waals surface area (Å²) in [6.45, 7) is 0. The Morgan fingerprint density at radius 2 is 1.92 bits per heavy atom. The van der Waals surface area contributed by atoms with Crippen molar-refractivity contribution in [3.05, 3.63) is 31.8 Å². The monoisotopic (exact) mass is 308 g/mol. The third kappa shape index (κ3) is 2.85. The lowest BCUT2D eigenvalue weighted by atomic mass is 10.3. The van der Waals surface area contributed by atoms with Crippen molar-refractivity contribution < 1.29 is 9.63 Å². The molecule has 0 aliphatic heterocycles. The van der Waals surface area contributed by atoms with Gasteiger partial charge in [-0.25, -0.2) is 9.78 Å². The molecule has 0 amide bonds. The fraction of sp³-hybridized carbons (Fsp3) is 0. The first-order chi connectivity index (χ1) is 6.13. The number of pyridine rings is 1. The minimum Gasteiger partial charge on any atom is -0.279 e. The highest BCUT2D eigenvalue weighted by atomic mass is 79.9. The van der Waals surface area contributed by atoms with E-state index in [1.54, 1.807) is 0 Å². The minimum absolute atomic E-state index is 0.188. The van der Waals surface area contributed by atoms with Gasteiger partial charge in [-0.05, 0) is 44.0 Å². The first-order valence-corrected chi connectivity index (χ1v) is 4.59. The average molecular weight is 310 g/mol. The van der Waals surface area contributed by atoms with Crippen LogP contribution in [-0.4, -0.2) is 11.0 Å². The zero-order valence-electron chi connectivity index (χ0n) is 6.03. The van der Waals surface area contributed by atoms with Crippen molar-refractivity contribution in [1.82, 2.24) is 4.98 Å². The Morgan fingerprint density at radius 3 is 2.38 bits per heavy atom. The Kier molecular flexibility index (Phi) is 3.49. The summed E-state index contributed by atoms with van der Waals surface area (Å²) in [6.07, 6.45) is 0. The average Bonchev–Trinajstić information content (AvgIpc) is 2.03. The quantitative estimate of drug-likeness (QED) is 0.478. The van der Waals surface area contributed by atoms with Crippen molar-refractivity contribution in [2.45, 2.75) is 0 Å². The molecule has 1 aromatic heterocycles. The smallest absolute Gasteiger partial charge is 0.279 e. The van der Waals surface area contributed by atoms with Gasteiger partial charge in [0.25, 0.3) is 0 Å². The van der Waals surface area contributed by atoms with E-state index in [0.29, 0.717) is 9.21 Å². The molecule has 68 valence electrons. The van der Waals surface area contributed by atoms with E-state index in [1.807, 2.05) is 5.34 Å². The van der Waals surface area contributed by atoms with Crippen LogP contribution >= 0.6 is 31.9 Å².